The summed E-state index contributed by atoms with van der Waals surface area (Å²) in [5, 5.41) is 3.34. The van der Waals surface area contributed by atoms with E-state index in [-0.39, 0.29) is 23.2 Å². The molecule has 2 atom stereocenters. The van der Waals surface area contributed by atoms with E-state index in [0.29, 0.717) is 23.1 Å². The molecule has 1 heterocycles. The summed E-state index contributed by atoms with van der Waals surface area (Å²) in [6.07, 6.45) is -1.62. The number of nitrogens with zero attached hydrogens (tertiary/aromatic N) is 2. The van der Waals surface area contributed by atoms with Crippen molar-refractivity contribution in [2.45, 2.75) is 52.4 Å². The molecule has 9 heteroatoms. The number of aromatic nitrogens is 2. The van der Waals surface area contributed by atoms with E-state index in [1.807, 2.05) is 24.3 Å². The summed E-state index contributed by atoms with van der Waals surface area (Å²) < 4.78 is 48.9. The zero-order valence-corrected chi connectivity index (χ0v) is 22.9. The van der Waals surface area contributed by atoms with Gasteiger partial charge >= 0.3 is 12.3 Å². The first-order valence-corrected chi connectivity index (χ1v) is 13.2. The third-order valence-corrected chi connectivity index (χ3v) is 7.40. The van der Waals surface area contributed by atoms with E-state index < -0.39 is 6.36 Å². The van der Waals surface area contributed by atoms with E-state index >= 15 is 0 Å². The van der Waals surface area contributed by atoms with E-state index in [1.165, 1.54) is 19.2 Å². The van der Waals surface area contributed by atoms with Gasteiger partial charge in [-0.25, -0.2) is 9.78 Å². The fourth-order valence-electron chi connectivity index (χ4n) is 6.01. The summed E-state index contributed by atoms with van der Waals surface area (Å²) >= 11 is 0. The number of ether oxygens (including phenoxy) is 2. The third kappa shape index (κ3) is 6.08. The molecule has 1 fully saturated rings. The van der Waals surface area contributed by atoms with Crippen molar-refractivity contribution in [3.8, 4) is 16.9 Å². The number of fused-ring (bicyclic) bond motifs is 1. The summed E-state index contributed by atoms with van der Waals surface area (Å²) in [5.41, 5.74) is 4.90. The van der Waals surface area contributed by atoms with Gasteiger partial charge in [0.1, 0.15) is 5.75 Å². The predicted octanol–water partition coefficient (Wildman–Crippen LogP) is 8.52. The van der Waals surface area contributed by atoms with Crippen LogP contribution in [0, 0.1) is 11.3 Å². The zero-order chi connectivity index (χ0) is 28.7. The number of nitrogens with one attached hydrogen (secondary N) is 1. The van der Waals surface area contributed by atoms with Gasteiger partial charge in [0.15, 0.2) is 0 Å². The largest absolute Gasteiger partial charge is 0.573 e. The molecule has 40 heavy (non-hydrogen) atoms. The highest BCUT2D eigenvalue weighted by molar-refractivity contribution is 5.90. The minimum Gasteiger partial charge on any atom is -0.465 e. The maximum absolute atomic E-state index is 12.6. The second kappa shape index (κ2) is 10.5. The maximum Gasteiger partial charge on any atom is 0.573 e. The fourth-order valence-corrected chi connectivity index (χ4v) is 6.01. The first kappa shape index (κ1) is 27.6. The van der Waals surface area contributed by atoms with Crippen molar-refractivity contribution in [2.24, 2.45) is 11.3 Å². The number of esters is 1. The topological polar surface area (TPSA) is 65.4 Å². The molecule has 1 N–H and O–H groups in total. The SMILES string of the molecule is COC(=O)c1ccc(-c2ccc3c(c2)nc(Nc2ccc(OC(F)(F)F)cc2)n3[C@@H]2C[C@H](C)CC(C)(C)C2)cc1. The molecular formula is C31H32F3N3O3. The van der Waals surface area contributed by atoms with Gasteiger partial charge in [-0.15, -0.1) is 13.2 Å². The molecule has 1 aliphatic rings. The third-order valence-electron chi connectivity index (χ3n) is 7.40. The Hall–Kier alpha value is -4.01. The number of hydrogen-bond donors (Lipinski definition) is 1. The van der Waals surface area contributed by atoms with Crippen LogP contribution in [-0.4, -0.2) is 29.0 Å². The molecule has 1 aliphatic carbocycles. The van der Waals surface area contributed by atoms with Crippen LogP contribution in [0.25, 0.3) is 22.2 Å². The molecular weight excluding hydrogens is 519 g/mol. The van der Waals surface area contributed by atoms with Crippen molar-refractivity contribution < 1.29 is 27.4 Å². The summed E-state index contributed by atoms with van der Waals surface area (Å²) in [4.78, 5) is 16.8. The molecule has 6 nitrogen and oxygen atoms in total. The molecule has 1 saturated carbocycles. The fraction of sp³-hybridized carbons (Fsp3) is 0.355. The van der Waals surface area contributed by atoms with Crippen LogP contribution >= 0.6 is 0 Å². The number of carbonyl (C=O) groups excluding carboxylic acids is 1. The van der Waals surface area contributed by atoms with Gasteiger partial charge in [0.2, 0.25) is 5.95 Å². The van der Waals surface area contributed by atoms with Gasteiger partial charge in [0, 0.05) is 11.7 Å². The van der Waals surface area contributed by atoms with Gasteiger partial charge < -0.3 is 19.4 Å². The van der Waals surface area contributed by atoms with Crippen LogP contribution in [0.2, 0.25) is 0 Å². The van der Waals surface area contributed by atoms with E-state index in [1.54, 1.807) is 24.3 Å². The van der Waals surface area contributed by atoms with Crippen LogP contribution in [0.5, 0.6) is 5.75 Å². The van der Waals surface area contributed by atoms with Gasteiger partial charge in [-0.3, -0.25) is 0 Å². The normalized spacial score (nSPS) is 18.9. The minimum absolute atomic E-state index is 0.161. The number of alkyl halides is 3. The highest BCUT2D eigenvalue weighted by atomic mass is 19.4. The van der Waals surface area contributed by atoms with Crippen molar-refractivity contribution in [3.05, 3.63) is 72.3 Å². The summed E-state index contributed by atoms with van der Waals surface area (Å²) in [7, 11) is 1.35. The number of benzene rings is 3. The van der Waals surface area contributed by atoms with Gasteiger partial charge in [-0.1, -0.05) is 39.0 Å². The van der Waals surface area contributed by atoms with Gasteiger partial charge in [-0.05, 0) is 90.3 Å². The lowest BCUT2D eigenvalue weighted by atomic mass is 9.70. The minimum atomic E-state index is -4.75. The van der Waals surface area contributed by atoms with Gasteiger partial charge in [0.05, 0.1) is 23.7 Å². The number of halogens is 3. The monoisotopic (exact) mass is 551 g/mol. The molecule has 0 amide bonds. The molecule has 4 aromatic rings. The molecule has 0 bridgehead atoms. The van der Waals surface area contributed by atoms with Gasteiger partial charge in [0.25, 0.3) is 0 Å². The van der Waals surface area contributed by atoms with Crippen LogP contribution in [-0.2, 0) is 4.74 Å². The standard InChI is InChI=1S/C31H32F3N3O3/c1-19-15-24(18-30(2,3)17-19)37-27-14-9-22(20-5-7-21(8-6-20)28(38)39-4)16-26(27)36-29(37)35-23-10-12-25(13-11-23)40-31(32,33)34/h5-14,16,19,24H,15,17-18H2,1-4H3,(H,35,36)/t19-,24+/m0/s1. The van der Waals surface area contributed by atoms with Crippen LogP contribution < -0.4 is 10.1 Å². The van der Waals surface area contributed by atoms with E-state index in [2.05, 4.69) is 41.5 Å². The van der Waals surface area contributed by atoms with Crippen molar-refractivity contribution in [3.63, 3.8) is 0 Å². The Morgan fingerprint density at radius 1 is 1.00 bits per heavy atom. The molecule has 0 aliphatic heterocycles. The highest BCUT2D eigenvalue weighted by Crippen LogP contribution is 2.46. The smallest absolute Gasteiger partial charge is 0.465 e. The van der Waals surface area contributed by atoms with Gasteiger partial charge in [-0.2, -0.15) is 0 Å². The van der Waals surface area contributed by atoms with Crippen LogP contribution in [0.15, 0.2) is 66.7 Å². The van der Waals surface area contributed by atoms with Crippen molar-refractivity contribution in [1.82, 2.24) is 9.55 Å². The molecule has 1 aromatic heterocycles. The predicted molar refractivity (Wildman–Crippen MR) is 149 cm³/mol. The Morgan fingerprint density at radius 3 is 2.30 bits per heavy atom. The highest BCUT2D eigenvalue weighted by Gasteiger charge is 2.35. The average molecular weight is 552 g/mol. The second-order valence-electron chi connectivity index (χ2n) is 11.3. The number of hydrogen-bond acceptors (Lipinski definition) is 5. The van der Waals surface area contributed by atoms with Crippen LogP contribution in [0.4, 0.5) is 24.8 Å². The molecule has 3 aromatic carbocycles. The second-order valence-corrected chi connectivity index (χ2v) is 11.3. The first-order valence-electron chi connectivity index (χ1n) is 13.2. The summed E-state index contributed by atoms with van der Waals surface area (Å²) in [6, 6.07) is 19.2. The quantitative estimate of drug-likeness (QED) is 0.243. The lowest BCUT2D eigenvalue weighted by Crippen LogP contribution is -2.29. The molecule has 0 saturated heterocycles. The van der Waals surface area contributed by atoms with E-state index in [0.717, 1.165) is 41.4 Å². The number of carbonyl (C=O) groups is 1. The van der Waals surface area contributed by atoms with E-state index in [4.69, 9.17) is 9.72 Å². The van der Waals surface area contributed by atoms with Crippen molar-refractivity contribution in [2.75, 3.05) is 12.4 Å². The van der Waals surface area contributed by atoms with Crippen LogP contribution in [0.1, 0.15) is 56.4 Å². The van der Waals surface area contributed by atoms with E-state index in [9.17, 15) is 18.0 Å². The Kier molecular flexibility index (Phi) is 7.25. The molecule has 210 valence electrons. The molecule has 0 unspecified atom stereocenters. The molecule has 0 radical (unpaired) electrons. The maximum atomic E-state index is 12.6. The summed E-state index contributed by atoms with van der Waals surface area (Å²) in [5.74, 6) is 0.495. The number of rotatable bonds is 6. The molecule has 0 spiro atoms. The average Bonchev–Trinajstić information content (AvgIpc) is 3.24. The zero-order valence-electron chi connectivity index (χ0n) is 22.9. The van der Waals surface area contributed by atoms with Crippen molar-refractivity contribution >= 4 is 28.6 Å². The first-order chi connectivity index (χ1) is 18.9. The Balaban J connectivity index is 1.53. The lowest BCUT2D eigenvalue weighted by Gasteiger charge is -2.40. The number of methoxy groups -OCH3 is 1. The lowest BCUT2D eigenvalue weighted by molar-refractivity contribution is -0.274. The van der Waals surface area contributed by atoms with Crippen LogP contribution in [0.3, 0.4) is 0 Å². The Bertz CT molecular complexity index is 1510. The number of anilines is 2. The Morgan fingerprint density at radius 2 is 1.68 bits per heavy atom. The Labute approximate surface area is 231 Å². The molecule has 5 rings (SSSR count). The summed E-state index contributed by atoms with van der Waals surface area (Å²) in [6.45, 7) is 6.85. The van der Waals surface area contributed by atoms with Crippen molar-refractivity contribution in [1.29, 1.82) is 0 Å². The number of imidazole rings is 1.